The number of nitrogens with zero attached hydrogens (tertiary/aromatic N) is 3. The lowest BCUT2D eigenvalue weighted by atomic mass is 9.96. The van der Waals surface area contributed by atoms with E-state index in [1.807, 2.05) is 31.5 Å². The third-order valence-corrected chi connectivity index (χ3v) is 5.46. The number of alkyl halides is 3. The molecule has 0 unspecified atom stereocenters. The minimum atomic E-state index is -4.63. The summed E-state index contributed by atoms with van der Waals surface area (Å²) >= 11 is 0. The molecule has 3 aromatic rings. The van der Waals surface area contributed by atoms with Gasteiger partial charge in [0.05, 0.1) is 23.3 Å². The standard InChI is InChI=1S/C23H25F3N4O2.CH2O/c1-14(2)32-20-12-18-15(13-30(29-18)16-7-4-3-5-8-16)11-19(20)28-22(31)17-9-6-10-21(27-17)23(24,25)26;1-2/h6,9-14,16H,3-5,7-8H2,1-2H3,(H,28,31);1H2. The molecule has 1 saturated carbocycles. The molecule has 0 atom stereocenters. The van der Waals surface area contributed by atoms with Crippen LogP contribution in [0.5, 0.6) is 5.75 Å². The molecule has 1 aliphatic carbocycles. The van der Waals surface area contributed by atoms with Gasteiger partial charge in [-0.05, 0) is 44.9 Å². The second-order valence-corrected chi connectivity index (χ2v) is 8.33. The quantitative estimate of drug-likeness (QED) is 0.502. The highest BCUT2D eigenvalue weighted by atomic mass is 19.4. The fraction of sp³-hybridized carbons (Fsp3) is 0.417. The summed E-state index contributed by atoms with van der Waals surface area (Å²) in [4.78, 5) is 24.2. The molecular weight excluding hydrogens is 449 g/mol. The van der Waals surface area contributed by atoms with Crippen molar-refractivity contribution in [2.75, 3.05) is 5.32 Å². The Morgan fingerprint density at radius 1 is 1.18 bits per heavy atom. The van der Waals surface area contributed by atoms with Crippen molar-refractivity contribution in [3.05, 3.63) is 47.9 Å². The van der Waals surface area contributed by atoms with Crippen molar-refractivity contribution in [3.8, 4) is 5.75 Å². The van der Waals surface area contributed by atoms with Crippen LogP contribution >= 0.6 is 0 Å². The van der Waals surface area contributed by atoms with E-state index >= 15 is 0 Å². The fourth-order valence-electron chi connectivity index (χ4n) is 3.96. The summed E-state index contributed by atoms with van der Waals surface area (Å²) in [5.41, 5.74) is -0.346. The van der Waals surface area contributed by atoms with Crippen LogP contribution in [0.4, 0.5) is 18.9 Å². The van der Waals surface area contributed by atoms with E-state index in [9.17, 15) is 18.0 Å². The van der Waals surface area contributed by atoms with Crippen LogP contribution in [0.3, 0.4) is 0 Å². The van der Waals surface area contributed by atoms with Gasteiger partial charge in [0.25, 0.3) is 5.91 Å². The summed E-state index contributed by atoms with van der Waals surface area (Å²) in [5, 5.41) is 8.19. The van der Waals surface area contributed by atoms with Crippen molar-refractivity contribution in [1.82, 2.24) is 14.8 Å². The Hall–Kier alpha value is -3.43. The molecule has 0 radical (unpaired) electrons. The number of carbonyl (C=O) groups is 2. The summed E-state index contributed by atoms with van der Waals surface area (Å²) in [5.74, 6) is -0.342. The minimum absolute atomic E-state index is 0.171. The number of hydrogen-bond donors (Lipinski definition) is 1. The largest absolute Gasteiger partial charge is 0.489 e. The first-order valence-electron chi connectivity index (χ1n) is 11.0. The molecule has 0 bridgehead atoms. The van der Waals surface area contributed by atoms with Gasteiger partial charge in [-0.25, -0.2) is 4.98 Å². The molecule has 0 saturated heterocycles. The molecule has 10 heteroatoms. The molecule has 7 nitrogen and oxygen atoms in total. The summed E-state index contributed by atoms with van der Waals surface area (Å²) in [6, 6.07) is 7.07. The molecule has 1 fully saturated rings. The van der Waals surface area contributed by atoms with Gasteiger partial charge in [-0.3, -0.25) is 9.48 Å². The number of halogens is 3. The molecule has 1 amide bonds. The summed E-state index contributed by atoms with van der Waals surface area (Å²) in [6.45, 7) is 5.70. The van der Waals surface area contributed by atoms with E-state index in [4.69, 9.17) is 14.6 Å². The van der Waals surface area contributed by atoms with Crippen LogP contribution in [0.2, 0.25) is 0 Å². The maximum Gasteiger partial charge on any atom is 0.433 e. The highest BCUT2D eigenvalue weighted by molar-refractivity contribution is 6.05. The van der Waals surface area contributed by atoms with Crippen LogP contribution in [0.15, 0.2) is 36.5 Å². The van der Waals surface area contributed by atoms with Gasteiger partial charge in [-0.1, -0.05) is 25.3 Å². The number of aromatic nitrogens is 3. The number of carbonyl (C=O) groups excluding carboxylic acids is 2. The third kappa shape index (κ3) is 5.92. The van der Waals surface area contributed by atoms with E-state index in [0.29, 0.717) is 17.5 Å². The lowest BCUT2D eigenvalue weighted by Gasteiger charge is -2.21. The topological polar surface area (TPSA) is 86.1 Å². The minimum Gasteiger partial charge on any atom is -0.489 e. The molecule has 182 valence electrons. The van der Waals surface area contributed by atoms with Crippen LogP contribution in [-0.2, 0) is 11.0 Å². The molecular formula is C24H27F3N4O3. The Bertz CT molecular complexity index is 1140. The summed E-state index contributed by atoms with van der Waals surface area (Å²) < 4.78 is 46.8. The van der Waals surface area contributed by atoms with Gasteiger partial charge in [-0.2, -0.15) is 18.3 Å². The van der Waals surface area contributed by atoms with Gasteiger partial charge in [0, 0.05) is 17.6 Å². The van der Waals surface area contributed by atoms with E-state index in [0.717, 1.165) is 35.9 Å². The van der Waals surface area contributed by atoms with Crippen molar-refractivity contribution in [2.24, 2.45) is 0 Å². The summed E-state index contributed by atoms with van der Waals surface area (Å²) in [6.07, 6.45) is 2.89. The van der Waals surface area contributed by atoms with Gasteiger partial charge in [0.2, 0.25) is 0 Å². The van der Waals surface area contributed by atoms with Crippen LogP contribution in [0, 0.1) is 0 Å². The van der Waals surface area contributed by atoms with Gasteiger partial charge >= 0.3 is 6.18 Å². The molecule has 4 rings (SSSR count). The first-order chi connectivity index (χ1) is 16.2. The Balaban J connectivity index is 0.00000158. The fourth-order valence-corrected chi connectivity index (χ4v) is 3.96. The number of anilines is 1. The molecule has 1 N–H and O–H groups in total. The maximum atomic E-state index is 13.0. The number of nitrogens with one attached hydrogen (secondary N) is 1. The van der Waals surface area contributed by atoms with Gasteiger partial charge in [0.15, 0.2) is 0 Å². The van der Waals surface area contributed by atoms with Crippen molar-refractivity contribution in [2.45, 2.75) is 64.3 Å². The number of pyridine rings is 1. The van der Waals surface area contributed by atoms with Crippen LogP contribution in [0.1, 0.15) is 68.2 Å². The predicted octanol–water partition coefficient (Wildman–Crippen LogP) is 5.81. The zero-order chi connectivity index (χ0) is 24.9. The Kier molecular flexibility index (Phi) is 7.90. The first-order valence-corrected chi connectivity index (χ1v) is 11.0. The number of rotatable bonds is 5. The average molecular weight is 476 g/mol. The number of benzene rings is 1. The lowest BCUT2D eigenvalue weighted by molar-refractivity contribution is -0.141. The number of amides is 1. The van der Waals surface area contributed by atoms with Crippen molar-refractivity contribution in [3.63, 3.8) is 0 Å². The zero-order valence-electron chi connectivity index (χ0n) is 19.1. The molecule has 34 heavy (non-hydrogen) atoms. The molecule has 2 heterocycles. The zero-order valence-corrected chi connectivity index (χ0v) is 19.1. The van der Waals surface area contributed by atoms with Gasteiger partial charge < -0.3 is 14.8 Å². The van der Waals surface area contributed by atoms with Crippen molar-refractivity contribution >= 4 is 29.3 Å². The predicted molar refractivity (Wildman–Crippen MR) is 122 cm³/mol. The maximum absolute atomic E-state index is 13.0. The number of hydrogen-bond acceptors (Lipinski definition) is 5. The van der Waals surface area contributed by atoms with E-state index in [1.165, 1.54) is 25.3 Å². The molecule has 1 aliphatic rings. The monoisotopic (exact) mass is 476 g/mol. The molecule has 1 aromatic carbocycles. The van der Waals surface area contributed by atoms with Crippen molar-refractivity contribution < 1.29 is 27.5 Å². The molecule has 0 spiro atoms. The normalized spacial score (nSPS) is 14.5. The summed E-state index contributed by atoms with van der Waals surface area (Å²) in [7, 11) is 0. The number of fused-ring (bicyclic) bond motifs is 1. The van der Waals surface area contributed by atoms with Crippen molar-refractivity contribution in [1.29, 1.82) is 0 Å². The smallest absolute Gasteiger partial charge is 0.433 e. The third-order valence-electron chi connectivity index (χ3n) is 5.46. The van der Waals surface area contributed by atoms with E-state index in [1.54, 1.807) is 12.1 Å². The lowest BCUT2D eigenvalue weighted by Crippen LogP contribution is -2.18. The Morgan fingerprint density at radius 3 is 2.53 bits per heavy atom. The van der Waals surface area contributed by atoms with E-state index in [-0.39, 0.29) is 11.8 Å². The van der Waals surface area contributed by atoms with E-state index in [2.05, 4.69) is 10.3 Å². The van der Waals surface area contributed by atoms with Crippen LogP contribution in [0.25, 0.3) is 10.9 Å². The van der Waals surface area contributed by atoms with Gasteiger partial charge in [0.1, 0.15) is 23.9 Å². The SMILES string of the molecule is C=O.CC(C)Oc1cc2nn(C3CCCCC3)cc2cc1NC(=O)c1cccc(C(F)(F)F)n1. The second-order valence-electron chi connectivity index (χ2n) is 8.33. The van der Waals surface area contributed by atoms with E-state index < -0.39 is 17.8 Å². The Morgan fingerprint density at radius 2 is 1.88 bits per heavy atom. The number of ether oxygens (including phenoxy) is 1. The highest BCUT2D eigenvalue weighted by Crippen LogP contribution is 2.34. The highest BCUT2D eigenvalue weighted by Gasteiger charge is 2.33. The Labute approximate surface area is 195 Å². The second kappa shape index (κ2) is 10.7. The van der Waals surface area contributed by atoms with Crippen LogP contribution < -0.4 is 10.1 Å². The van der Waals surface area contributed by atoms with Crippen LogP contribution in [-0.4, -0.2) is 33.6 Å². The van der Waals surface area contributed by atoms with Gasteiger partial charge in [-0.15, -0.1) is 0 Å². The molecule has 2 aromatic heterocycles. The first kappa shape index (κ1) is 25.2. The average Bonchev–Trinajstić information content (AvgIpc) is 3.23. The molecule has 0 aliphatic heterocycles.